The number of aliphatic hydroxyl groups excluding tert-OH is 1. The molecule has 0 radical (unpaired) electrons. The highest BCUT2D eigenvalue weighted by molar-refractivity contribution is 7.22. The summed E-state index contributed by atoms with van der Waals surface area (Å²) >= 11 is 1.26. The monoisotopic (exact) mass is 527 g/mol. The van der Waals surface area contributed by atoms with Gasteiger partial charge in [-0.25, -0.2) is 4.98 Å². The number of non-ortho nitro benzene ring substituents is 1. The van der Waals surface area contributed by atoms with E-state index in [1.165, 1.54) is 40.5 Å². The molecule has 1 saturated heterocycles. The molecule has 2 atom stereocenters. The van der Waals surface area contributed by atoms with Crippen molar-refractivity contribution < 1.29 is 24.4 Å². The molecule has 0 unspecified atom stereocenters. The van der Waals surface area contributed by atoms with Gasteiger partial charge in [-0.15, -0.1) is 0 Å². The van der Waals surface area contributed by atoms with Crippen LogP contribution >= 0.6 is 11.3 Å². The van der Waals surface area contributed by atoms with Crippen LogP contribution in [0.4, 0.5) is 10.8 Å². The maximum absolute atomic E-state index is 13.5. The van der Waals surface area contributed by atoms with Crippen LogP contribution in [0.25, 0.3) is 16.0 Å². The van der Waals surface area contributed by atoms with Gasteiger partial charge in [0.1, 0.15) is 17.6 Å². The molecule has 10 heteroatoms. The Kier molecular flexibility index (Phi) is 5.50. The molecule has 0 saturated carbocycles. The van der Waals surface area contributed by atoms with Crippen LogP contribution in [0, 0.1) is 17.0 Å². The summed E-state index contributed by atoms with van der Waals surface area (Å²) in [5, 5.41) is 23.0. The number of aliphatic hydroxyl groups is 1. The Morgan fingerprint density at radius 3 is 2.63 bits per heavy atom. The predicted octanol–water partition coefficient (Wildman–Crippen LogP) is 5.46. The van der Waals surface area contributed by atoms with E-state index in [1.54, 1.807) is 18.2 Å². The number of fused-ring (bicyclic) bond motifs is 2. The first-order valence-electron chi connectivity index (χ1n) is 11.9. The number of nitrogens with zero attached hydrogens (tertiary/aromatic N) is 3. The third-order valence-corrected chi connectivity index (χ3v) is 7.79. The quantitative estimate of drug-likeness (QED) is 0.123. The lowest BCUT2D eigenvalue weighted by Gasteiger charge is -2.23. The van der Waals surface area contributed by atoms with E-state index in [9.17, 15) is 24.8 Å². The van der Waals surface area contributed by atoms with Gasteiger partial charge in [0, 0.05) is 24.1 Å². The molecule has 3 aromatic carbocycles. The molecule has 0 aliphatic carbocycles. The van der Waals surface area contributed by atoms with Gasteiger partial charge >= 0.3 is 5.91 Å². The predicted molar refractivity (Wildman–Crippen MR) is 142 cm³/mol. The van der Waals surface area contributed by atoms with Crippen LogP contribution in [0.2, 0.25) is 0 Å². The summed E-state index contributed by atoms with van der Waals surface area (Å²) in [4.78, 5) is 43.5. The number of Topliss-reactive ketones (excluding diaryl/α,β-unsaturated/α-hetero) is 1. The zero-order valence-corrected chi connectivity index (χ0v) is 21.2. The number of carbonyl (C=O) groups is 2. The highest BCUT2D eigenvalue weighted by Gasteiger charge is 2.48. The largest absolute Gasteiger partial charge is 0.507 e. The Balaban J connectivity index is 1.53. The zero-order valence-electron chi connectivity index (χ0n) is 20.4. The van der Waals surface area contributed by atoms with E-state index in [4.69, 9.17) is 4.74 Å². The summed E-state index contributed by atoms with van der Waals surface area (Å²) in [5.74, 6) is -1.30. The van der Waals surface area contributed by atoms with Gasteiger partial charge < -0.3 is 9.84 Å². The Labute approximate surface area is 220 Å². The molecule has 0 spiro atoms. The van der Waals surface area contributed by atoms with Crippen molar-refractivity contribution in [2.45, 2.75) is 32.4 Å². The molecule has 1 N–H and O–H groups in total. The Morgan fingerprint density at radius 1 is 1.13 bits per heavy atom. The standard InChI is InChI=1S/C28H21N3O6S/c1-14-3-9-20-22(11-14)38-28(29-20)30-24(16-4-7-19(8-5-16)31(35)36)23(26(33)27(30)34)25(32)17-6-10-21-18(13-17)12-15(2)37-21/h3-11,13,15,24,32H,12H2,1-2H3/b25-23+/t15-,24+/m1/s1. The number of anilines is 1. The molecular weight excluding hydrogens is 506 g/mol. The first-order chi connectivity index (χ1) is 18.2. The lowest BCUT2D eigenvalue weighted by atomic mass is 9.94. The minimum absolute atomic E-state index is 0.00393. The molecule has 1 aromatic heterocycles. The van der Waals surface area contributed by atoms with Gasteiger partial charge in [0.05, 0.1) is 26.8 Å². The number of nitro groups is 1. The minimum atomic E-state index is -1.03. The number of hydrogen-bond acceptors (Lipinski definition) is 8. The van der Waals surface area contributed by atoms with Crippen molar-refractivity contribution in [2.75, 3.05) is 4.90 Å². The number of ketones is 1. The van der Waals surface area contributed by atoms with E-state index >= 15 is 0 Å². The van der Waals surface area contributed by atoms with Crippen LogP contribution in [-0.2, 0) is 16.0 Å². The average molecular weight is 528 g/mol. The van der Waals surface area contributed by atoms with Crippen molar-refractivity contribution in [3.05, 3.63) is 98.6 Å². The molecule has 190 valence electrons. The van der Waals surface area contributed by atoms with E-state index < -0.39 is 22.7 Å². The van der Waals surface area contributed by atoms with E-state index in [1.807, 2.05) is 32.0 Å². The Morgan fingerprint density at radius 2 is 1.89 bits per heavy atom. The number of carbonyl (C=O) groups excluding carboxylic acids is 2. The van der Waals surface area contributed by atoms with Crippen LogP contribution in [0.3, 0.4) is 0 Å². The van der Waals surface area contributed by atoms with E-state index in [0.29, 0.717) is 33.9 Å². The number of benzene rings is 3. The van der Waals surface area contributed by atoms with Crippen LogP contribution in [0.1, 0.15) is 35.2 Å². The molecule has 4 aromatic rings. The van der Waals surface area contributed by atoms with Crippen LogP contribution in [0.5, 0.6) is 5.75 Å². The summed E-state index contributed by atoms with van der Waals surface area (Å²) in [5.41, 5.74) is 3.17. The summed E-state index contributed by atoms with van der Waals surface area (Å²) < 4.78 is 6.59. The fraction of sp³-hybridized carbons (Fsp3) is 0.179. The lowest BCUT2D eigenvalue weighted by molar-refractivity contribution is -0.384. The highest BCUT2D eigenvalue weighted by atomic mass is 32.1. The lowest BCUT2D eigenvalue weighted by Crippen LogP contribution is -2.29. The second kappa shape index (κ2) is 8.77. The molecule has 2 aliphatic heterocycles. The third kappa shape index (κ3) is 3.81. The van der Waals surface area contributed by atoms with Gasteiger partial charge in [-0.3, -0.25) is 24.6 Å². The Bertz CT molecular complexity index is 1690. The van der Waals surface area contributed by atoms with Gasteiger partial charge in [-0.1, -0.05) is 17.4 Å². The van der Waals surface area contributed by atoms with Crippen molar-refractivity contribution >= 4 is 49.8 Å². The highest BCUT2D eigenvalue weighted by Crippen LogP contribution is 2.45. The molecule has 6 rings (SSSR count). The SMILES string of the molecule is Cc1ccc2nc(N3C(=O)C(=O)/C(=C(/O)c4ccc5c(c4)C[C@@H](C)O5)[C@@H]3c3ccc([N+](=O)[O-])cc3)sc2c1. The number of rotatable bonds is 4. The van der Waals surface area contributed by atoms with Gasteiger partial charge in [-0.2, -0.15) is 0 Å². The van der Waals surface area contributed by atoms with Gasteiger partial charge in [-0.05, 0) is 73.0 Å². The van der Waals surface area contributed by atoms with Gasteiger partial charge in [0.25, 0.3) is 11.5 Å². The number of nitro benzene ring substituents is 1. The Hall–Kier alpha value is -4.57. The minimum Gasteiger partial charge on any atom is -0.507 e. The second-order valence-corrected chi connectivity index (χ2v) is 10.4. The average Bonchev–Trinajstić information content (AvgIpc) is 3.55. The second-order valence-electron chi connectivity index (χ2n) is 9.44. The number of aromatic nitrogens is 1. The molecule has 2 aliphatic rings. The molecule has 9 nitrogen and oxygen atoms in total. The molecule has 1 amide bonds. The van der Waals surface area contributed by atoms with E-state index in [-0.39, 0.29) is 23.1 Å². The summed E-state index contributed by atoms with van der Waals surface area (Å²) in [6, 6.07) is 15.4. The normalized spacial score (nSPS) is 20.1. The van der Waals surface area contributed by atoms with E-state index in [2.05, 4.69) is 4.98 Å². The fourth-order valence-corrected chi connectivity index (χ4v) is 6.06. The third-order valence-electron chi connectivity index (χ3n) is 6.77. The van der Waals surface area contributed by atoms with Crippen LogP contribution < -0.4 is 9.64 Å². The molecule has 1 fully saturated rings. The topological polar surface area (TPSA) is 123 Å². The maximum atomic E-state index is 13.5. The first-order valence-corrected chi connectivity index (χ1v) is 12.8. The van der Waals surface area contributed by atoms with Crippen molar-refractivity contribution in [1.29, 1.82) is 0 Å². The summed E-state index contributed by atoms with van der Waals surface area (Å²) in [6.07, 6.45) is 0.651. The van der Waals surface area contributed by atoms with E-state index in [0.717, 1.165) is 15.8 Å². The number of aryl methyl sites for hydroxylation is 1. The van der Waals surface area contributed by atoms with Crippen molar-refractivity contribution in [1.82, 2.24) is 4.98 Å². The maximum Gasteiger partial charge on any atom is 0.301 e. The molecule has 3 heterocycles. The number of hydrogen-bond donors (Lipinski definition) is 1. The van der Waals surface area contributed by atoms with Crippen LogP contribution in [0.15, 0.2) is 66.2 Å². The van der Waals surface area contributed by atoms with Crippen LogP contribution in [-0.4, -0.2) is 32.8 Å². The zero-order chi connectivity index (χ0) is 26.7. The van der Waals surface area contributed by atoms with Crippen molar-refractivity contribution in [3.63, 3.8) is 0 Å². The summed E-state index contributed by atoms with van der Waals surface area (Å²) in [7, 11) is 0. The number of thiazole rings is 1. The summed E-state index contributed by atoms with van der Waals surface area (Å²) in [6.45, 7) is 3.89. The smallest absolute Gasteiger partial charge is 0.301 e. The van der Waals surface area contributed by atoms with Gasteiger partial charge in [0.15, 0.2) is 5.13 Å². The molecular formula is C28H21N3O6S. The number of ether oxygens (including phenoxy) is 1. The number of amides is 1. The van der Waals surface area contributed by atoms with Crippen molar-refractivity contribution in [2.24, 2.45) is 0 Å². The van der Waals surface area contributed by atoms with Crippen molar-refractivity contribution in [3.8, 4) is 5.75 Å². The molecule has 0 bridgehead atoms. The van der Waals surface area contributed by atoms with Gasteiger partial charge in [0.2, 0.25) is 0 Å². The fourth-order valence-electron chi connectivity index (χ4n) is 4.97. The molecule has 38 heavy (non-hydrogen) atoms. The first kappa shape index (κ1) is 23.8.